The summed E-state index contributed by atoms with van der Waals surface area (Å²) in [6.45, 7) is 0.550. The summed E-state index contributed by atoms with van der Waals surface area (Å²) in [6, 6.07) is 7.63. The Balaban J connectivity index is 1.48. The van der Waals surface area contributed by atoms with Gasteiger partial charge in [-0.3, -0.25) is 14.6 Å². The summed E-state index contributed by atoms with van der Waals surface area (Å²) >= 11 is 0. The average molecular weight is 340 g/mol. The maximum atomic E-state index is 12.2. The van der Waals surface area contributed by atoms with Crippen molar-refractivity contribution in [1.29, 1.82) is 0 Å². The number of hydrogen-bond donors (Lipinski definition) is 2. The zero-order valence-electron chi connectivity index (χ0n) is 14.1. The summed E-state index contributed by atoms with van der Waals surface area (Å²) in [6.07, 6.45) is 3.90. The lowest BCUT2D eigenvalue weighted by Crippen LogP contribution is -2.35. The maximum Gasteiger partial charge on any atom is 0.224 e. The van der Waals surface area contributed by atoms with Crippen molar-refractivity contribution in [2.24, 2.45) is 7.05 Å². The fraction of sp³-hybridized carbons (Fsp3) is 0.353. The van der Waals surface area contributed by atoms with Crippen LogP contribution in [0.4, 0.5) is 0 Å². The molecule has 130 valence electrons. The Morgan fingerprint density at radius 3 is 2.88 bits per heavy atom. The van der Waals surface area contributed by atoms with Crippen LogP contribution in [0.2, 0.25) is 0 Å². The number of aromatic amines is 1. The van der Waals surface area contributed by atoms with Gasteiger partial charge >= 0.3 is 0 Å². The molecular weight excluding hydrogens is 320 g/mol. The van der Waals surface area contributed by atoms with E-state index in [0.29, 0.717) is 13.0 Å². The zero-order chi connectivity index (χ0) is 17.4. The molecule has 0 radical (unpaired) electrons. The molecule has 2 N–H and O–H groups in total. The molecular formula is C17H20N6O2. The molecule has 1 aliphatic rings. The highest BCUT2D eigenvalue weighted by Crippen LogP contribution is 2.31. The highest BCUT2D eigenvalue weighted by molar-refractivity contribution is 5.80. The quantitative estimate of drug-likeness (QED) is 0.734. The molecule has 0 spiro atoms. The first-order valence-corrected chi connectivity index (χ1v) is 8.19. The Hall–Kier alpha value is -2.87. The van der Waals surface area contributed by atoms with E-state index >= 15 is 0 Å². The highest BCUT2D eigenvalue weighted by atomic mass is 16.3. The number of hydrogen-bond acceptors (Lipinski definition) is 5. The molecule has 1 fully saturated rings. The van der Waals surface area contributed by atoms with E-state index in [1.807, 2.05) is 43.0 Å². The van der Waals surface area contributed by atoms with Crippen LogP contribution in [0, 0.1) is 0 Å². The molecule has 0 unspecified atom stereocenters. The summed E-state index contributed by atoms with van der Waals surface area (Å²) in [5, 5.41) is 14.5. The molecule has 25 heavy (non-hydrogen) atoms. The van der Waals surface area contributed by atoms with Crippen LogP contribution in [-0.2, 0) is 18.4 Å². The van der Waals surface area contributed by atoms with Gasteiger partial charge in [-0.15, -0.1) is 0 Å². The van der Waals surface area contributed by atoms with Crippen LogP contribution >= 0.6 is 0 Å². The summed E-state index contributed by atoms with van der Waals surface area (Å²) < 4.78 is 7.66. The topological polar surface area (TPSA) is 92.0 Å². The van der Waals surface area contributed by atoms with Gasteiger partial charge < -0.3 is 14.6 Å². The van der Waals surface area contributed by atoms with Gasteiger partial charge in [0, 0.05) is 39.0 Å². The minimum atomic E-state index is -0.0398. The fourth-order valence-electron chi connectivity index (χ4n) is 3.37. The monoisotopic (exact) mass is 340 g/mol. The lowest BCUT2D eigenvalue weighted by molar-refractivity contribution is -0.127. The Morgan fingerprint density at radius 2 is 2.16 bits per heavy atom. The van der Waals surface area contributed by atoms with Crippen LogP contribution in [-0.4, -0.2) is 43.9 Å². The van der Waals surface area contributed by atoms with Gasteiger partial charge in [0.25, 0.3) is 0 Å². The van der Waals surface area contributed by atoms with Crippen LogP contribution < -0.4 is 5.32 Å². The van der Waals surface area contributed by atoms with Crippen LogP contribution in [0.3, 0.4) is 0 Å². The van der Waals surface area contributed by atoms with Crippen molar-refractivity contribution >= 4 is 5.91 Å². The molecule has 0 aliphatic carbocycles. The summed E-state index contributed by atoms with van der Waals surface area (Å²) in [7, 11) is 3.73. The van der Waals surface area contributed by atoms with E-state index < -0.39 is 0 Å². The molecule has 3 aromatic heterocycles. The molecule has 0 bridgehead atoms. The lowest BCUT2D eigenvalue weighted by Gasteiger charge is -2.25. The number of furan rings is 1. The second kappa shape index (κ2) is 6.21. The lowest BCUT2D eigenvalue weighted by atomic mass is 10.1. The molecule has 4 heterocycles. The summed E-state index contributed by atoms with van der Waals surface area (Å²) in [5.41, 5.74) is 1.86. The van der Waals surface area contributed by atoms with Gasteiger partial charge in [0.2, 0.25) is 5.91 Å². The van der Waals surface area contributed by atoms with E-state index in [4.69, 9.17) is 4.42 Å². The summed E-state index contributed by atoms with van der Waals surface area (Å²) in [5.74, 6) is 1.69. The van der Waals surface area contributed by atoms with E-state index in [-0.39, 0.29) is 18.0 Å². The third kappa shape index (κ3) is 2.85. The molecule has 0 aromatic carbocycles. The number of nitrogens with one attached hydrogen (secondary N) is 2. The number of carbonyl (C=O) groups excluding carboxylic acids is 1. The number of amides is 1. The number of aryl methyl sites for hydroxylation is 1. The van der Waals surface area contributed by atoms with Gasteiger partial charge in [-0.25, -0.2) is 0 Å². The standard InChI is InChI=1S/C17H20N6O2/c1-22-16(24)9-13(17(22)14-6-8-20-23(14)2)18-10-11-3-4-15(25-11)12-5-7-19-21-12/h3-8,13,17-18H,9-10H2,1-2H3,(H,19,21)/t13-,17-/m1/s1. The number of carbonyl (C=O) groups is 1. The number of aromatic nitrogens is 4. The second-order valence-electron chi connectivity index (χ2n) is 6.26. The molecule has 2 atom stereocenters. The molecule has 0 saturated carbocycles. The average Bonchev–Trinajstić information content (AvgIpc) is 3.36. The maximum absolute atomic E-state index is 12.2. The summed E-state index contributed by atoms with van der Waals surface area (Å²) in [4.78, 5) is 14.0. The zero-order valence-corrected chi connectivity index (χ0v) is 14.1. The van der Waals surface area contributed by atoms with Gasteiger partial charge in [-0.1, -0.05) is 0 Å². The smallest absolute Gasteiger partial charge is 0.224 e. The van der Waals surface area contributed by atoms with Crippen molar-refractivity contribution < 1.29 is 9.21 Å². The molecule has 3 aromatic rings. The van der Waals surface area contributed by atoms with E-state index in [9.17, 15) is 4.79 Å². The van der Waals surface area contributed by atoms with Crippen LogP contribution in [0.15, 0.2) is 41.1 Å². The Labute approximate surface area is 144 Å². The minimum Gasteiger partial charge on any atom is -0.458 e. The second-order valence-corrected chi connectivity index (χ2v) is 6.26. The van der Waals surface area contributed by atoms with Crippen molar-refractivity contribution in [3.63, 3.8) is 0 Å². The van der Waals surface area contributed by atoms with Crippen LogP contribution in [0.1, 0.15) is 23.9 Å². The predicted molar refractivity (Wildman–Crippen MR) is 90.3 cm³/mol. The molecule has 1 saturated heterocycles. The number of nitrogens with zero attached hydrogens (tertiary/aromatic N) is 4. The van der Waals surface area contributed by atoms with Crippen molar-refractivity contribution in [2.75, 3.05) is 7.05 Å². The predicted octanol–water partition coefficient (Wildman–Crippen LogP) is 1.46. The molecule has 8 heteroatoms. The van der Waals surface area contributed by atoms with Gasteiger partial charge in [-0.2, -0.15) is 10.2 Å². The van der Waals surface area contributed by atoms with Gasteiger partial charge in [-0.05, 0) is 24.3 Å². The SMILES string of the molecule is CN1C(=O)C[C@@H](NCc2ccc(-c3ccn[nH]3)o2)[C@@H]1c1ccnn1C. The van der Waals surface area contributed by atoms with Gasteiger partial charge in [0.15, 0.2) is 5.76 Å². The van der Waals surface area contributed by atoms with E-state index in [0.717, 1.165) is 22.9 Å². The normalized spacial score (nSPS) is 20.6. The molecule has 1 aliphatic heterocycles. The van der Waals surface area contributed by atoms with Crippen molar-refractivity contribution in [2.45, 2.75) is 25.0 Å². The Kier molecular flexibility index (Phi) is 3.89. The van der Waals surface area contributed by atoms with Crippen LogP contribution in [0.5, 0.6) is 0 Å². The third-order valence-corrected chi connectivity index (χ3v) is 4.71. The fourth-order valence-corrected chi connectivity index (χ4v) is 3.37. The Morgan fingerprint density at radius 1 is 1.28 bits per heavy atom. The van der Waals surface area contributed by atoms with E-state index in [2.05, 4.69) is 20.6 Å². The van der Waals surface area contributed by atoms with Gasteiger partial charge in [0.05, 0.1) is 18.3 Å². The first-order chi connectivity index (χ1) is 12.1. The minimum absolute atomic E-state index is 0.00797. The first-order valence-electron chi connectivity index (χ1n) is 8.19. The number of rotatable bonds is 5. The largest absolute Gasteiger partial charge is 0.458 e. The molecule has 1 amide bonds. The van der Waals surface area contributed by atoms with E-state index in [1.54, 1.807) is 17.3 Å². The number of likely N-dealkylation sites (N-methyl/N-ethyl adjacent to an activating group) is 1. The van der Waals surface area contributed by atoms with E-state index in [1.165, 1.54) is 0 Å². The van der Waals surface area contributed by atoms with Gasteiger partial charge in [0.1, 0.15) is 11.5 Å². The Bertz CT molecular complexity index is 865. The molecule has 4 rings (SSSR count). The van der Waals surface area contributed by atoms with Crippen molar-refractivity contribution in [1.82, 2.24) is 30.2 Å². The van der Waals surface area contributed by atoms with Crippen LogP contribution in [0.25, 0.3) is 11.5 Å². The first kappa shape index (κ1) is 15.6. The highest BCUT2D eigenvalue weighted by Gasteiger charge is 2.39. The third-order valence-electron chi connectivity index (χ3n) is 4.71. The van der Waals surface area contributed by atoms with Crippen molar-refractivity contribution in [3.05, 3.63) is 48.1 Å². The molecule has 8 nitrogen and oxygen atoms in total. The van der Waals surface area contributed by atoms with Crippen molar-refractivity contribution in [3.8, 4) is 11.5 Å². The number of likely N-dealkylation sites (tertiary alicyclic amines) is 1. The number of H-pyrrole nitrogens is 1.